The quantitative estimate of drug-likeness (QED) is 0.827. The fraction of sp³-hybridized carbons (Fsp3) is 0.571. The van der Waals surface area contributed by atoms with E-state index < -0.39 is 0 Å². The van der Waals surface area contributed by atoms with E-state index in [1.807, 2.05) is 0 Å². The standard InChI is InChI=1S/C14H19NOS/c1-16-12-6-5-11-4-2-7-14(13(11)10-12)15-8-3-9-17-14/h5-6,10,15H,2-4,7-9H2,1H3. The van der Waals surface area contributed by atoms with Gasteiger partial charge in [0.2, 0.25) is 0 Å². The van der Waals surface area contributed by atoms with Gasteiger partial charge in [0.25, 0.3) is 0 Å². The lowest BCUT2D eigenvalue weighted by Crippen LogP contribution is -2.45. The van der Waals surface area contributed by atoms with Gasteiger partial charge in [0, 0.05) is 0 Å². The first kappa shape index (κ1) is 11.4. The van der Waals surface area contributed by atoms with Crippen LogP contribution in [0.5, 0.6) is 5.75 Å². The van der Waals surface area contributed by atoms with Crippen LogP contribution in [0.15, 0.2) is 18.2 Å². The Morgan fingerprint density at radius 1 is 1.35 bits per heavy atom. The van der Waals surface area contributed by atoms with Gasteiger partial charge in [-0.2, -0.15) is 0 Å². The largest absolute Gasteiger partial charge is 0.497 e. The molecular formula is C14H19NOS. The minimum absolute atomic E-state index is 0.167. The zero-order chi connectivity index (χ0) is 11.7. The molecule has 1 saturated heterocycles. The molecular weight excluding hydrogens is 230 g/mol. The Bertz CT molecular complexity index is 413. The molecule has 1 atom stereocenters. The van der Waals surface area contributed by atoms with Gasteiger partial charge < -0.3 is 4.74 Å². The Kier molecular flexibility index (Phi) is 3.05. The van der Waals surface area contributed by atoms with Crippen molar-refractivity contribution in [2.75, 3.05) is 19.4 Å². The van der Waals surface area contributed by atoms with Crippen molar-refractivity contribution in [3.05, 3.63) is 29.3 Å². The molecule has 0 aromatic heterocycles. The second kappa shape index (κ2) is 4.54. The number of thioether (sulfide) groups is 1. The summed E-state index contributed by atoms with van der Waals surface area (Å²) in [5.74, 6) is 2.25. The van der Waals surface area contributed by atoms with Crippen LogP contribution in [-0.2, 0) is 11.3 Å². The van der Waals surface area contributed by atoms with E-state index in [9.17, 15) is 0 Å². The summed E-state index contributed by atoms with van der Waals surface area (Å²) < 4.78 is 5.38. The highest BCUT2D eigenvalue weighted by Crippen LogP contribution is 2.46. The summed E-state index contributed by atoms with van der Waals surface area (Å²) in [6, 6.07) is 6.57. The van der Waals surface area contributed by atoms with E-state index >= 15 is 0 Å². The van der Waals surface area contributed by atoms with Crippen LogP contribution in [0.4, 0.5) is 0 Å². The van der Waals surface area contributed by atoms with Crippen molar-refractivity contribution in [3.8, 4) is 5.75 Å². The summed E-state index contributed by atoms with van der Waals surface area (Å²) in [5.41, 5.74) is 2.96. The third kappa shape index (κ3) is 1.95. The lowest BCUT2D eigenvalue weighted by atomic mass is 9.86. The molecule has 3 rings (SSSR count). The highest BCUT2D eigenvalue weighted by Gasteiger charge is 2.38. The van der Waals surface area contributed by atoms with Crippen LogP contribution in [0.2, 0.25) is 0 Å². The lowest BCUT2D eigenvalue weighted by Gasteiger charge is -2.42. The molecule has 2 aliphatic rings. The second-order valence-corrected chi connectivity index (χ2v) is 6.23. The Balaban J connectivity index is 2.04. The molecule has 1 N–H and O–H groups in total. The maximum atomic E-state index is 5.38. The van der Waals surface area contributed by atoms with Gasteiger partial charge in [0.05, 0.1) is 12.0 Å². The van der Waals surface area contributed by atoms with Crippen LogP contribution in [0.3, 0.4) is 0 Å². The molecule has 1 heterocycles. The molecule has 1 unspecified atom stereocenters. The molecule has 1 fully saturated rings. The normalized spacial score (nSPS) is 27.8. The first-order valence-electron chi connectivity index (χ1n) is 6.40. The van der Waals surface area contributed by atoms with Gasteiger partial charge in [-0.05, 0) is 61.2 Å². The van der Waals surface area contributed by atoms with Gasteiger partial charge in [-0.1, -0.05) is 6.07 Å². The van der Waals surface area contributed by atoms with Gasteiger partial charge in [-0.15, -0.1) is 11.8 Å². The molecule has 0 amide bonds. The Morgan fingerprint density at radius 3 is 3.06 bits per heavy atom. The molecule has 2 nitrogen and oxygen atoms in total. The van der Waals surface area contributed by atoms with E-state index in [0.29, 0.717) is 0 Å². The van der Waals surface area contributed by atoms with Crippen molar-refractivity contribution in [2.24, 2.45) is 0 Å². The van der Waals surface area contributed by atoms with E-state index in [-0.39, 0.29) is 4.87 Å². The Morgan fingerprint density at radius 2 is 2.29 bits per heavy atom. The van der Waals surface area contributed by atoms with Crippen molar-refractivity contribution in [1.29, 1.82) is 0 Å². The van der Waals surface area contributed by atoms with Crippen LogP contribution in [0.25, 0.3) is 0 Å². The summed E-state index contributed by atoms with van der Waals surface area (Å²) in [4.78, 5) is 0.167. The van der Waals surface area contributed by atoms with Crippen molar-refractivity contribution >= 4 is 11.8 Å². The zero-order valence-corrected chi connectivity index (χ0v) is 11.1. The number of hydrogen-bond acceptors (Lipinski definition) is 3. The van der Waals surface area contributed by atoms with E-state index in [1.165, 1.54) is 42.6 Å². The maximum absolute atomic E-state index is 5.38. The second-order valence-electron chi connectivity index (χ2n) is 4.83. The zero-order valence-electron chi connectivity index (χ0n) is 10.3. The molecule has 1 spiro atoms. The molecule has 3 heteroatoms. The Hall–Kier alpha value is -0.670. The molecule has 1 aliphatic carbocycles. The van der Waals surface area contributed by atoms with Crippen molar-refractivity contribution in [1.82, 2.24) is 5.32 Å². The van der Waals surface area contributed by atoms with Crippen LogP contribution < -0.4 is 10.1 Å². The monoisotopic (exact) mass is 249 g/mol. The molecule has 1 aromatic carbocycles. The summed E-state index contributed by atoms with van der Waals surface area (Å²) >= 11 is 2.08. The summed E-state index contributed by atoms with van der Waals surface area (Å²) in [6.45, 7) is 1.14. The first-order chi connectivity index (χ1) is 8.34. The third-order valence-electron chi connectivity index (χ3n) is 3.81. The molecule has 1 aliphatic heterocycles. The SMILES string of the molecule is COc1ccc2c(c1)C1(CCC2)NCCCS1. The molecule has 1 aromatic rings. The molecule has 92 valence electrons. The predicted molar refractivity (Wildman–Crippen MR) is 72.7 cm³/mol. The fourth-order valence-electron chi connectivity index (χ4n) is 2.93. The van der Waals surface area contributed by atoms with Crippen LogP contribution in [0.1, 0.15) is 30.4 Å². The van der Waals surface area contributed by atoms with E-state index in [1.54, 1.807) is 7.11 Å². The van der Waals surface area contributed by atoms with E-state index in [0.717, 1.165) is 12.3 Å². The number of fused-ring (bicyclic) bond motifs is 2. The number of methoxy groups -OCH3 is 1. The third-order valence-corrected chi connectivity index (χ3v) is 5.36. The summed E-state index contributed by atoms with van der Waals surface area (Å²) in [6.07, 6.45) is 5.03. The predicted octanol–water partition coefficient (Wildman–Crippen LogP) is 2.91. The van der Waals surface area contributed by atoms with Gasteiger partial charge in [0.15, 0.2) is 0 Å². The molecule has 17 heavy (non-hydrogen) atoms. The van der Waals surface area contributed by atoms with Gasteiger partial charge in [-0.25, -0.2) is 0 Å². The lowest BCUT2D eigenvalue weighted by molar-refractivity contribution is 0.392. The van der Waals surface area contributed by atoms with Crippen LogP contribution in [-0.4, -0.2) is 19.4 Å². The topological polar surface area (TPSA) is 21.3 Å². The minimum Gasteiger partial charge on any atom is -0.497 e. The number of ether oxygens (including phenoxy) is 1. The molecule has 0 bridgehead atoms. The fourth-order valence-corrected chi connectivity index (χ4v) is 4.41. The summed E-state index contributed by atoms with van der Waals surface area (Å²) in [5, 5.41) is 3.75. The molecule has 0 saturated carbocycles. The highest BCUT2D eigenvalue weighted by molar-refractivity contribution is 8.00. The number of nitrogens with one attached hydrogen (secondary N) is 1. The number of hydrogen-bond donors (Lipinski definition) is 1. The first-order valence-corrected chi connectivity index (χ1v) is 7.39. The Labute approximate surface area is 107 Å². The smallest absolute Gasteiger partial charge is 0.119 e. The summed E-state index contributed by atoms with van der Waals surface area (Å²) in [7, 11) is 1.75. The maximum Gasteiger partial charge on any atom is 0.119 e. The van der Waals surface area contributed by atoms with Crippen molar-refractivity contribution in [3.63, 3.8) is 0 Å². The number of benzene rings is 1. The molecule has 0 radical (unpaired) electrons. The van der Waals surface area contributed by atoms with Crippen molar-refractivity contribution in [2.45, 2.75) is 30.6 Å². The number of aryl methyl sites for hydroxylation is 1. The van der Waals surface area contributed by atoms with Crippen LogP contribution in [0, 0.1) is 0 Å². The minimum atomic E-state index is 0.167. The van der Waals surface area contributed by atoms with E-state index in [4.69, 9.17) is 4.74 Å². The van der Waals surface area contributed by atoms with Gasteiger partial charge >= 0.3 is 0 Å². The highest BCUT2D eigenvalue weighted by atomic mass is 32.2. The van der Waals surface area contributed by atoms with Crippen molar-refractivity contribution < 1.29 is 4.74 Å². The average Bonchev–Trinajstić information content (AvgIpc) is 2.40. The van der Waals surface area contributed by atoms with E-state index in [2.05, 4.69) is 35.3 Å². The van der Waals surface area contributed by atoms with Gasteiger partial charge in [0.1, 0.15) is 5.75 Å². The average molecular weight is 249 g/mol. The number of rotatable bonds is 1. The van der Waals surface area contributed by atoms with Crippen LogP contribution >= 0.6 is 11.8 Å². The van der Waals surface area contributed by atoms with Gasteiger partial charge in [-0.3, -0.25) is 5.32 Å².